The van der Waals surface area contributed by atoms with Gasteiger partial charge in [0, 0.05) is 26.1 Å². The number of hydrogen-bond acceptors (Lipinski definition) is 6. The van der Waals surface area contributed by atoms with Crippen LogP contribution >= 0.6 is 11.3 Å². The molecule has 1 rings (SSSR count). The summed E-state index contributed by atoms with van der Waals surface area (Å²) < 4.78 is 5.14. The first-order valence-electron chi connectivity index (χ1n) is 5.45. The smallest absolute Gasteiger partial charge is 0.250 e. The quantitative estimate of drug-likeness (QED) is 0.608. The molecule has 1 aromatic rings. The molecule has 0 aliphatic rings. The molecular formula is C11H17N3O3S. The first-order chi connectivity index (χ1) is 8.36. The van der Waals surface area contributed by atoms with Crippen LogP contribution in [0.2, 0.25) is 0 Å². The lowest BCUT2D eigenvalue weighted by Gasteiger charge is -2.04. The maximum atomic E-state index is 11.0. The predicted octanol–water partition coefficient (Wildman–Crippen LogP) is 2.49. The van der Waals surface area contributed by atoms with Crippen molar-refractivity contribution in [1.82, 2.24) is 4.98 Å². The number of methoxy groups -OCH3 is 1. The molecule has 0 atom stereocenters. The lowest BCUT2D eigenvalue weighted by molar-refractivity contribution is -0.431. The largest absolute Gasteiger partial charge is 0.480 e. The van der Waals surface area contributed by atoms with Crippen LogP contribution in [0, 0.1) is 16.0 Å². The molecule has 7 heteroatoms. The van der Waals surface area contributed by atoms with Crippen molar-refractivity contribution in [3.63, 3.8) is 0 Å². The highest BCUT2D eigenvalue weighted by atomic mass is 32.1. The summed E-state index contributed by atoms with van der Waals surface area (Å²) in [7, 11) is 5.23. The zero-order valence-corrected chi connectivity index (χ0v) is 11.9. The number of allylic oxidation sites excluding steroid dienone is 1. The van der Waals surface area contributed by atoms with Crippen molar-refractivity contribution >= 4 is 22.5 Å². The van der Waals surface area contributed by atoms with E-state index >= 15 is 0 Å². The maximum absolute atomic E-state index is 11.0. The van der Waals surface area contributed by atoms with Gasteiger partial charge in [0.05, 0.1) is 16.9 Å². The SMILES string of the molecule is COc1nc(N(C)C)sc1/C=C(/C(C)C)[N+](=O)[O-]. The summed E-state index contributed by atoms with van der Waals surface area (Å²) in [6.07, 6.45) is 1.54. The van der Waals surface area contributed by atoms with Crippen LogP contribution in [0.25, 0.3) is 6.08 Å². The van der Waals surface area contributed by atoms with Crippen molar-refractivity contribution in [1.29, 1.82) is 0 Å². The lowest BCUT2D eigenvalue weighted by Crippen LogP contribution is -2.07. The highest BCUT2D eigenvalue weighted by Gasteiger charge is 2.19. The normalized spacial score (nSPS) is 11.8. The van der Waals surface area contributed by atoms with E-state index in [1.165, 1.54) is 24.5 Å². The monoisotopic (exact) mass is 271 g/mol. The Hall–Kier alpha value is -1.63. The molecule has 0 bridgehead atoms. The second-order valence-corrected chi connectivity index (χ2v) is 5.25. The van der Waals surface area contributed by atoms with E-state index in [9.17, 15) is 10.1 Å². The Kier molecular flexibility index (Phi) is 4.66. The molecule has 0 aliphatic carbocycles. The third-order valence-corrected chi connectivity index (χ3v) is 3.42. The molecule has 0 unspecified atom stereocenters. The van der Waals surface area contributed by atoms with Crippen molar-refractivity contribution in [2.75, 3.05) is 26.1 Å². The molecule has 6 nitrogen and oxygen atoms in total. The van der Waals surface area contributed by atoms with Gasteiger partial charge in [0.25, 0.3) is 0 Å². The fourth-order valence-corrected chi connectivity index (χ4v) is 2.20. The topological polar surface area (TPSA) is 68.5 Å². The first-order valence-corrected chi connectivity index (χ1v) is 6.26. The van der Waals surface area contributed by atoms with E-state index in [1.807, 2.05) is 19.0 Å². The minimum atomic E-state index is -0.362. The standard InChI is InChI=1S/C11H17N3O3S/c1-7(2)8(14(15)16)6-9-10(17-5)12-11(18-9)13(3)4/h6-7H,1-5H3/b8-6-. The summed E-state index contributed by atoms with van der Waals surface area (Å²) in [5.41, 5.74) is 0.155. The summed E-state index contributed by atoms with van der Waals surface area (Å²) in [5.74, 6) is 0.262. The zero-order chi connectivity index (χ0) is 13.9. The van der Waals surface area contributed by atoms with Gasteiger partial charge in [0.2, 0.25) is 11.6 Å². The number of aromatic nitrogens is 1. The maximum Gasteiger partial charge on any atom is 0.250 e. The van der Waals surface area contributed by atoms with Gasteiger partial charge in [0.1, 0.15) is 0 Å². The second-order valence-electron chi connectivity index (χ2n) is 4.25. The van der Waals surface area contributed by atoms with Crippen molar-refractivity contribution < 1.29 is 9.66 Å². The van der Waals surface area contributed by atoms with E-state index in [1.54, 1.807) is 13.8 Å². The van der Waals surface area contributed by atoms with Gasteiger partial charge in [-0.25, -0.2) is 0 Å². The van der Waals surface area contributed by atoms with Crippen molar-refractivity contribution in [2.24, 2.45) is 5.92 Å². The Labute approximate surface area is 110 Å². The first kappa shape index (κ1) is 14.4. The highest BCUT2D eigenvalue weighted by Crippen LogP contribution is 2.33. The van der Waals surface area contributed by atoms with E-state index < -0.39 is 0 Å². The van der Waals surface area contributed by atoms with E-state index in [0.717, 1.165) is 5.13 Å². The zero-order valence-electron chi connectivity index (χ0n) is 11.1. The van der Waals surface area contributed by atoms with Gasteiger partial charge < -0.3 is 9.64 Å². The number of rotatable bonds is 5. The molecule has 0 spiro atoms. The van der Waals surface area contributed by atoms with Crippen LogP contribution in [0.1, 0.15) is 18.7 Å². The van der Waals surface area contributed by atoms with Gasteiger partial charge in [-0.1, -0.05) is 25.2 Å². The molecule has 100 valence electrons. The fourth-order valence-electron chi connectivity index (χ4n) is 1.30. The molecule has 1 heterocycles. The van der Waals surface area contributed by atoms with E-state index in [0.29, 0.717) is 10.8 Å². The summed E-state index contributed by atoms with van der Waals surface area (Å²) in [4.78, 5) is 17.4. The summed E-state index contributed by atoms with van der Waals surface area (Å²) in [6.45, 7) is 3.57. The van der Waals surface area contributed by atoms with Crippen LogP contribution in [-0.4, -0.2) is 31.1 Å². The van der Waals surface area contributed by atoms with Gasteiger partial charge >= 0.3 is 0 Å². The summed E-state index contributed by atoms with van der Waals surface area (Å²) in [6, 6.07) is 0. The summed E-state index contributed by atoms with van der Waals surface area (Å²) >= 11 is 1.36. The van der Waals surface area contributed by atoms with Gasteiger partial charge in [0.15, 0.2) is 5.13 Å². The van der Waals surface area contributed by atoms with Crippen LogP contribution in [-0.2, 0) is 0 Å². The molecule has 0 aliphatic heterocycles. The predicted molar refractivity (Wildman–Crippen MR) is 72.8 cm³/mol. The average Bonchev–Trinajstić information content (AvgIpc) is 2.68. The highest BCUT2D eigenvalue weighted by molar-refractivity contribution is 7.16. The molecule has 0 saturated heterocycles. The van der Waals surface area contributed by atoms with Crippen LogP contribution in [0.15, 0.2) is 5.70 Å². The Morgan fingerprint density at radius 1 is 1.56 bits per heavy atom. The third kappa shape index (κ3) is 3.19. The van der Waals surface area contributed by atoms with Crippen LogP contribution < -0.4 is 9.64 Å². The number of anilines is 1. The molecular weight excluding hydrogens is 254 g/mol. The second kappa shape index (κ2) is 5.81. The molecule has 0 fully saturated rings. The van der Waals surface area contributed by atoms with Crippen molar-refractivity contribution in [2.45, 2.75) is 13.8 Å². The average molecular weight is 271 g/mol. The molecule has 18 heavy (non-hydrogen) atoms. The minimum Gasteiger partial charge on any atom is -0.480 e. The molecule has 0 amide bonds. The van der Waals surface area contributed by atoms with Gasteiger partial charge in [-0.15, -0.1) is 0 Å². The molecule has 1 aromatic heterocycles. The lowest BCUT2D eigenvalue weighted by atomic mass is 10.1. The molecule has 0 aromatic carbocycles. The number of nitrogens with zero attached hydrogens (tertiary/aromatic N) is 3. The van der Waals surface area contributed by atoms with E-state index in [4.69, 9.17) is 4.74 Å². The van der Waals surface area contributed by atoms with Crippen molar-refractivity contribution in [3.05, 3.63) is 20.7 Å². The van der Waals surface area contributed by atoms with E-state index in [-0.39, 0.29) is 16.5 Å². The van der Waals surface area contributed by atoms with Crippen LogP contribution in [0.5, 0.6) is 5.88 Å². The fraction of sp³-hybridized carbons (Fsp3) is 0.545. The van der Waals surface area contributed by atoms with Gasteiger partial charge in [-0.05, 0) is 0 Å². The minimum absolute atomic E-state index is 0.155. The summed E-state index contributed by atoms with van der Waals surface area (Å²) in [5, 5.41) is 11.7. The number of ether oxygens (including phenoxy) is 1. The number of hydrogen-bond donors (Lipinski definition) is 0. The molecule has 0 radical (unpaired) electrons. The van der Waals surface area contributed by atoms with E-state index in [2.05, 4.69) is 4.98 Å². The molecule has 0 N–H and O–H groups in total. The van der Waals surface area contributed by atoms with Crippen LogP contribution in [0.4, 0.5) is 5.13 Å². The van der Waals surface area contributed by atoms with Crippen LogP contribution in [0.3, 0.4) is 0 Å². The molecule has 0 saturated carbocycles. The van der Waals surface area contributed by atoms with Crippen molar-refractivity contribution in [3.8, 4) is 5.88 Å². The number of thiazole rings is 1. The third-order valence-electron chi connectivity index (χ3n) is 2.27. The van der Waals surface area contributed by atoms with Gasteiger partial charge in [-0.2, -0.15) is 4.98 Å². The Bertz CT molecular complexity index is 466. The Morgan fingerprint density at radius 3 is 2.56 bits per heavy atom. The Morgan fingerprint density at radius 2 is 2.17 bits per heavy atom. The van der Waals surface area contributed by atoms with Gasteiger partial charge in [-0.3, -0.25) is 10.1 Å². The number of nitro groups is 1. The Balaban J connectivity index is 3.23.